The van der Waals surface area contributed by atoms with E-state index in [4.69, 9.17) is 14.6 Å². The normalized spacial score (nSPS) is 14.2. The van der Waals surface area contributed by atoms with E-state index in [9.17, 15) is 23.2 Å². The van der Waals surface area contributed by atoms with Crippen molar-refractivity contribution < 1.29 is 32.6 Å². The number of benzene rings is 1. The van der Waals surface area contributed by atoms with Crippen molar-refractivity contribution in [2.75, 3.05) is 45.2 Å². The number of rotatable bonds is 9. The molecule has 1 saturated heterocycles. The van der Waals surface area contributed by atoms with Crippen molar-refractivity contribution in [2.45, 2.75) is 37.9 Å². The number of aromatic nitrogens is 2. The first-order valence-corrected chi connectivity index (χ1v) is 13.9. The van der Waals surface area contributed by atoms with E-state index >= 15 is 0 Å². The Morgan fingerprint density at radius 3 is 2.48 bits per heavy atom. The lowest BCUT2D eigenvalue weighted by atomic mass is 9.81. The van der Waals surface area contributed by atoms with Gasteiger partial charge in [-0.3, -0.25) is 14.6 Å². The second-order valence-corrected chi connectivity index (χ2v) is 10.3. The zero-order valence-corrected chi connectivity index (χ0v) is 24.8. The summed E-state index contributed by atoms with van der Waals surface area (Å²) in [5.41, 5.74) is 1.09. The van der Waals surface area contributed by atoms with Gasteiger partial charge in [-0.25, -0.2) is 4.98 Å². The molecule has 0 unspecified atom stereocenters. The monoisotopic (exact) mass is 612 g/mol. The Morgan fingerprint density at radius 2 is 1.91 bits per heavy atom. The van der Waals surface area contributed by atoms with E-state index in [0.29, 0.717) is 62.8 Å². The van der Waals surface area contributed by atoms with Crippen LogP contribution in [0.4, 0.5) is 18.9 Å². The third-order valence-electron chi connectivity index (χ3n) is 7.21. The number of carbonyl (C=O) groups excluding carboxylic acids is 1. The van der Waals surface area contributed by atoms with Crippen LogP contribution in [0.3, 0.4) is 0 Å². The molecule has 2 N–H and O–H groups in total. The Bertz CT molecular complexity index is 1450. The van der Waals surface area contributed by atoms with Crippen LogP contribution in [-0.2, 0) is 21.3 Å². The summed E-state index contributed by atoms with van der Waals surface area (Å²) in [6.07, 6.45) is 0.142. The van der Waals surface area contributed by atoms with Crippen LogP contribution in [0, 0.1) is 11.3 Å². The van der Waals surface area contributed by atoms with Crippen molar-refractivity contribution in [1.82, 2.24) is 20.2 Å². The van der Waals surface area contributed by atoms with Crippen molar-refractivity contribution in [3.63, 3.8) is 0 Å². The number of carbonyl (C=O) groups is 2. The number of alkyl halides is 3. The molecular formula is C31H35F3N6O4. The van der Waals surface area contributed by atoms with E-state index in [1.165, 1.54) is 6.07 Å². The summed E-state index contributed by atoms with van der Waals surface area (Å²) in [5.74, 6) is 0.384. The fraction of sp³-hybridized carbons (Fsp3) is 0.387. The van der Waals surface area contributed by atoms with E-state index < -0.39 is 17.3 Å². The second-order valence-electron chi connectivity index (χ2n) is 10.3. The third kappa shape index (κ3) is 8.44. The SMILES string of the molecule is CCOc1ncccc1-c1ccc(C2(NC(=O)CCN(C)C)CCN(c3ccc(C(F)(F)F)cc3C#N)CC2)cn1.O=CO. The smallest absolute Gasteiger partial charge is 0.416 e. The highest BCUT2D eigenvalue weighted by atomic mass is 19.4. The minimum atomic E-state index is -4.53. The van der Waals surface area contributed by atoms with E-state index in [1.54, 1.807) is 12.4 Å². The number of pyridine rings is 2. The van der Waals surface area contributed by atoms with Gasteiger partial charge in [-0.15, -0.1) is 0 Å². The van der Waals surface area contributed by atoms with Gasteiger partial charge in [0.1, 0.15) is 6.07 Å². The number of nitrogens with zero attached hydrogens (tertiary/aromatic N) is 5. The summed E-state index contributed by atoms with van der Waals surface area (Å²) in [6, 6.07) is 12.7. The van der Waals surface area contributed by atoms with E-state index in [2.05, 4.69) is 15.3 Å². The lowest BCUT2D eigenvalue weighted by Crippen LogP contribution is -2.53. The van der Waals surface area contributed by atoms with Crippen LogP contribution in [0.2, 0.25) is 0 Å². The molecule has 3 aromatic rings. The topological polar surface area (TPSA) is 132 Å². The predicted octanol–water partition coefficient (Wildman–Crippen LogP) is 4.70. The maximum atomic E-state index is 13.2. The number of piperidine rings is 1. The lowest BCUT2D eigenvalue weighted by molar-refractivity contribution is -0.137. The van der Waals surface area contributed by atoms with E-state index in [-0.39, 0.29) is 17.9 Å². The van der Waals surface area contributed by atoms with Gasteiger partial charge in [0.25, 0.3) is 6.47 Å². The summed E-state index contributed by atoms with van der Waals surface area (Å²) < 4.78 is 45.3. The molecule has 0 spiro atoms. The summed E-state index contributed by atoms with van der Waals surface area (Å²) in [7, 11) is 3.80. The zero-order chi connectivity index (χ0) is 32.3. The highest BCUT2D eigenvalue weighted by Crippen LogP contribution is 2.38. The minimum Gasteiger partial charge on any atom is -0.483 e. The van der Waals surface area contributed by atoms with Crippen LogP contribution in [0.5, 0.6) is 5.88 Å². The Labute approximate surface area is 254 Å². The molecule has 2 aromatic heterocycles. The molecule has 1 amide bonds. The van der Waals surface area contributed by atoms with Gasteiger partial charge in [-0.05, 0) is 75.8 Å². The highest BCUT2D eigenvalue weighted by molar-refractivity contribution is 5.77. The van der Waals surface area contributed by atoms with Gasteiger partial charge >= 0.3 is 6.18 Å². The molecule has 0 radical (unpaired) electrons. The number of hydrogen-bond acceptors (Lipinski definition) is 8. The highest BCUT2D eigenvalue weighted by Gasteiger charge is 2.39. The van der Waals surface area contributed by atoms with Crippen molar-refractivity contribution in [1.29, 1.82) is 5.26 Å². The van der Waals surface area contributed by atoms with Gasteiger partial charge in [0, 0.05) is 38.4 Å². The van der Waals surface area contributed by atoms with Crippen molar-refractivity contribution in [3.05, 3.63) is 71.5 Å². The fourth-order valence-electron chi connectivity index (χ4n) is 5.02. The molecule has 1 aromatic carbocycles. The molecule has 1 aliphatic rings. The van der Waals surface area contributed by atoms with Crippen LogP contribution in [0.1, 0.15) is 42.9 Å². The van der Waals surface area contributed by atoms with Crippen LogP contribution in [0.15, 0.2) is 54.9 Å². The first-order chi connectivity index (χ1) is 21.0. The Balaban J connectivity index is 0.00000169. The molecule has 1 fully saturated rings. The van der Waals surface area contributed by atoms with Crippen LogP contribution >= 0.6 is 0 Å². The molecule has 234 valence electrons. The summed E-state index contributed by atoms with van der Waals surface area (Å²) >= 11 is 0. The largest absolute Gasteiger partial charge is 0.483 e. The Morgan fingerprint density at radius 1 is 1.20 bits per heavy atom. The number of carboxylic acid groups (broad SMARTS) is 1. The standard InChI is InChI=1S/C30H33F3N6O2.CH2O2/c1-4-41-28-24(6-5-14-35-28)25-9-7-23(20-36-25)29(37-27(40)11-15-38(2)3)12-16-39(17-13-29)26-10-8-22(30(31,32)33)18-21(26)19-34;2-1-3/h5-10,14,18,20H,4,11-13,15-17H2,1-3H3,(H,37,40);1H,(H,2,3). The minimum absolute atomic E-state index is 0.0325. The first kappa shape index (κ1) is 33.8. The average molecular weight is 613 g/mol. The molecule has 13 heteroatoms. The molecule has 1 aliphatic heterocycles. The average Bonchev–Trinajstić information content (AvgIpc) is 3.00. The quantitative estimate of drug-likeness (QED) is 0.330. The molecular weight excluding hydrogens is 577 g/mol. The predicted molar refractivity (Wildman–Crippen MR) is 158 cm³/mol. The zero-order valence-electron chi connectivity index (χ0n) is 24.8. The number of amides is 1. The van der Waals surface area contributed by atoms with Gasteiger partial charge in [0.05, 0.1) is 40.2 Å². The van der Waals surface area contributed by atoms with Crippen molar-refractivity contribution >= 4 is 18.1 Å². The summed E-state index contributed by atoms with van der Waals surface area (Å²) in [5, 5.41) is 19.7. The molecule has 0 atom stereocenters. The Hall–Kier alpha value is -4.70. The number of ether oxygens (including phenoxy) is 1. The number of nitriles is 1. The summed E-state index contributed by atoms with van der Waals surface area (Å²) in [6.45, 7) is 3.53. The molecule has 4 rings (SSSR count). The van der Waals surface area contributed by atoms with Gasteiger partial charge in [-0.2, -0.15) is 18.4 Å². The van der Waals surface area contributed by atoms with Crippen LogP contribution < -0.4 is 15.0 Å². The van der Waals surface area contributed by atoms with Gasteiger partial charge in [-0.1, -0.05) is 6.07 Å². The number of nitrogens with one attached hydrogen (secondary N) is 1. The van der Waals surface area contributed by atoms with Crippen LogP contribution in [0.25, 0.3) is 11.3 Å². The third-order valence-corrected chi connectivity index (χ3v) is 7.21. The van der Waals surface area contributed by atoms with Crippen molar-refractivity contribution in [2.24, 2.45) is 0 Å². The molecule has 0 saturated carbocycles. The molecule has 44 heavy (non-hydrogen) atoms. The summed E-state index contributed by atoms with van der Waals surface area (Å²) in [4.78, 5) is 34.2. The van der Waals surface area contributed by atoms with Gasteiger partial charge in [0.2, 0.25) is 11.8 Å². The fourth-order valence-corrected chi connectivity index (χ4v) is 5.02. The molecule has 3 heterocycles. The maximum absolute atomic E-state index is 13.2. The molecule has 0 aliphatic carbocycles. The van der Waals surface area contributed by atoms with Crippen molar-refractivity contribution in [3.8, 4) is 23.2 Å². The molecule has 10 nitrogen and oxygen atoms in total. The number of halogens is 3. The lowest BCUT2D eigenvalue weighted by Gasteiger charge is -2.43. The van der Waals surface area contributed by atoms with Crippen LogP contribution in [-0.4, -0.2) is 72.7 Å². The first-order valence-electron chi connectivity index (χ1n) is 13.9. The number of hydrogen-bond donors (Lipinski definition) is 2. The van der Waals surface area contributed by atoms with E-state index in [0.717, 1.165) is 23.3 Å². The maximum Gasteiger partial charge on any atom is 0.416 e. The second kappa shape index (κ2) is 15.2. The number of anilines is 1. The Kier molecular flexibility index (Phi) is 11.6. The van der Waals surface area contributed by atoms with E-state index in [1.807, 2.05) is 61.2 Å². The molecule has 0 bridgehead atoms. The van der Waals surface area contributed by atoms with Gasteiger partial charge in [0.15, 0.2) is 0 Å². The van der Waals surface area contributed by atoms with Gasteiger partial charge < -0.3 is 25.0 Å².